The molecule has 0 aromatic heterocycles. The molecule has 0 bridgehead atoms. The first-order valence-electron chi connectivity index (χ1n) is 5.60. The van der Waals surface area contributed by atoms with Gasteiger partial charge in [-0.05, 0) is 0 Å². The van der Waals surface area contributed by atoms with Crippen LogP contribution in [0.4, 0.5) is 0 Å². The molecule has 0 fully saturated rings. The van der Waals surface area contributed by atoms with E-state index in [-0.39, 0.29) is 0 Å². The molecule has 0 atom stereocenters. The Labute approximate surface area is 116 Å². The number of carbonyl (C=O) groups excluding carboxylic acids is 2. The predicted octanol–water partition coefficient (Wildman–Crippen LogP) is 2.33. The van der Waals surface area contributed by atoms with Gasteiger partial charge in [0, 0.05) is 0 Å². The van der Waals surface area contributed by atoms with Crippen LogP contribution in [0.3, 0.4) is 0 Å². The molecule has 96 valence electrons. The molecular formula is C15H9ClO2Ru. The van der Waals surface area contributed by atoms with Gasteiger partial charge in [-0.3, -0.25) is 0 Å². The van der Waals surface area contributed by atoms with Crippen molar-refractivity contribution in [3.63, 3.8) is 0 Å². The van der Waals surface area contributed by atoms with Gasteiger partial charge in [0.25, 0.3) is 0 Å². The van der Waals surface area contributed by atoms with Crippen LogP contribution in [0.25, 0.3) is 11.1 Å². The molecule has 1 aliphatic rings. The summed E-state index contributed by atoms with van der Waals surface area (Å²) >= 11 is -3.76. The quantitative estimate of drug-likeness (QED) is 0.626. The topological polar surface area (TPSA) is 34.1 Å². The van der Waals surface area contributed by atoms with E-state index in [1.165, 1.54) is 5.56 Å². The van der Waals surface area contributed by atoms with Crippen LogP contribution in [0.5, 0.6) is 0 Å². The van der Waals surface area contributed by atoms with E-state index in [0.29, 0.717) is 10.6 Å². The van der Waals surface area contributed by atoms with E-state index in [0.717, 1.165) is 16.7 Å². The zero-order chi connectivity index (χ0) is 13.5. The van der Waals surface area contributed by atoms with Crippen LogP contribution in [0.1, 0.15) is 11.1 Å². The molecule has 2 aromatic carbocycles. The van der Waals surface area contributed by atoms with Crippen molar-refractivity contribution in [2.45, 2.75) is 6.42 Å². The van der Waals surface area contributed by atoms with Crippen molar-refractivity contribution in [3.05, 3.63) is 53.6 Å². The van der Waals surface area contributed by atoms with Crippen LogP contribution in [0.15, 0.2) is 42.5 Å². The molecule has 4 heteroatoms. The van der Waals surface area contributed by atoms with Crippen molar-refractivity contribution in [1.82, 2.24) is 0 Å². The van der Waals surface area contributed by atoms with Gasteiger partial charge in [-0.15, -0.1) is 0 Å². The third-order valence-electron chi connectivity index (χ3n) is 3.24. The zero-order valence-electron chi connectivity index (χ0n) is 9.80. The Kier molecular flexibility index (Phi) is 3.01. The van der Waals surface area contributed by atoms with Crippen LogP contribution in [0.2, 0.25) is 0 Å². The Balaban J connectivity index is 2.38. The van der Waals surface area contributed by atoms with Gasteiger partial charge in [0.15, 0.2) is 0 Å². The van der Waals surface area contributed by atoms with Crippen molar-refractivity contribution >= 4 is 22.8 Å². The Morgan fingerprint density at radius 2 is 1.63 bits per heavy atom. The normalized spacial score (nSPS) is 13.1. The second-order valence-electron chi connectivity index (χ2n) is 4.20. The number of benzene rings is 2. The minimum atomic E-state index is -3.76. The first kappa shape index (κ1) is 12.5. The monoisotopic (exact) mass is 358 g/mol. The summed E-state index contributed by atoms with van der Waals surface area (Å²) in [6.45, 7) is 0. The van der Waals surface area contributed by atoms with E-state index in [2.05, 4.69) is 6.07 Å². The van der Waals surface area contributed by atoms with Crippen LogP contribution in [0, 0.1) is 0 Å². The third-order valence-corrected chi connectivity index (χ3v) is 7.82. The maximum absolute atomic E-state index is 11.1. The molecule has 2 nitrogen and oxygen atoms in total. The van der Waals surface area contributed by atoms with Gasteiger partial charge in [-0.25, -0.2) is 0 Å². The first-order valence-corrected chi connectivity index (χ1v) is 10.4. The average molecular weight is 358 g/mol. The summed E-state index contributed by atoms with van der Waals surface area (Å²) in [6.07, 6.45) is 0.709. The SMILES string of the molecule is O=[C]=[Ru]([Cl])(=[C]=O)[c]1cccc2c1Cc1ccccc1-2. The van der Waals surface area contributed by atoms with Crippen molar-refractivity contribution in [1.29, 1.82) is 0 Å². The van der Waals surface area contributed by atoms with Crippen LogP contribution >= 0.6 is 9.69 Å². The van der Waals surface area contributed by atoms with Gasteiger partial charge in [-0.2, -0.15) is 0 Å². The summed E-state index contributed by atoms with van der Waals surface area (Å²) < 4.78 is 4.17. The first-order chi connectivity index (χ1) is 9.19. The number of fused-ring (bicyclic) bond motifs is 3. The summed E-state index contributed by atoms with van der Waals surface area (Å²) in [7, 11) is 6.18. The molecule has 3 rings (SSSR count). The molecule has 0 amide bonds. The minimum absolute atomic E-state index is 0.650. The van der Waals surface area contributed by atoms with Crippen molar-refractivity contribution in [2.24, 2.45) is 0 Å². The van der Waals surface area contributed by atoms with Crippen LogP contribution in [-0.2, 0) is 28.9 Å². The van der Waals surface area contributed by atoms with Crippen molar-refractivity contribution in [3.8, 4) is 11.1 Å². The summed E-state index contributed by atoms with van der Waals surface area (Å²) in [5, 5.41) is 0. The van der Waals surface area contributed by atoms with E-state index >= 15 is 0 Å². The maximum atomic E-state index is 11.1. The van der Waals surface area contributed by atoms with Gasteiger partial charge in [-0.1, -0.05) is 0 Å². The molecule has 0 saturated carbocycles. The molecule has 19 heavy (non-hydrogen) atoms. The predicted molar refractivity (Wildman–Crippen MR) is 71.6 cm³/mol. The zero-order valence-corrected chi connectivity index (χ0v) is 12.3. The summed E-state index contributed by atoms with van der Waals surface area (Å²) in [6, 6.07) is 13.7. The number of hydrogen-bond acceptors (Lipinski definition) is 2. The molecular weight excluding hydrogens is 349 g/mol. The van der Waals surface area contributed by atoms with E-state index in [4.69, 9.17) is 9.69 Å². The van der Waals surface area contributed by atoms with E-state index < -0.39 is 12.9 Å². The van der Waals surface area contributed by atoms with Gasteiger partial charge in [0.1, 0.15) is 0 Å². The molecule has 2 aromatic rings. The van der Waals surface area contributed by atoms with Gasteiger partial charge in [0.2, 0.25) is 0 Å². The standard InChI is InChI=1S/C13H9.2CO.ClH.Ru/c1-3-7-12-10(5-1)9-11-6-2-4-8-13(11)12;2*1-2;;/h1-5,7-8H,9H2;;;1H;/q;;;;+1/p-1. The second-order valence-corrected chi connectivity index (χ2v) is 10.5. The molecule has 0 heterocycles. The van der Waals surface area contributed by atoms with E-state index in [1.807, 2.05) is 30.3 Å². The van der Waals surface area contributed by atoms with Crippen LogP contribution in [-0.4, -0.2) is 8.95 Å². The molecule has 0 spiro atoms. The van der Waals surface area contributed by atoms with Gasteiger partial charge in [0.05, 0.1) is 0 Å². The fourth-order valence-corrected chi connectivity index (χ4v) is 5.30. The van der Waals surface area contributed by atoms with Crippen molar-refractivity contribution in [2.75, 3.05) is 0 Å². The third kappa shape index (κ3) is 1.84. The summed E-state index contributed by atoms with van der Waals surface area (Å²) in [4.78, 5) is 22.2. The van der Waals surface area contributed by atoms with E-state index in [9.17, 15) is 9.59 Å². The summed E-state index contributed by atoms with van der Waals surface area (Å²) in [5.74, 6) is 0. The number of hydrogen-bond donors (Lipinski definition) is 0. The Hall–Kier alpha value is -1.49. The Bertz CT molecular complexity index is 830. The van der Waals surface area contributed by atoms with Crippen molar-refractivity contribution < 1.29 is 22.5 Å². The fraction of sp³-hybridized carbons (Fsp3) is 0.0667. The van der Waals surface area contributed by atoms with Gasteiger partial charge >= 0.3 is 116 Å². The molecule has 1 aliphatic carbocycles. The second kappa shape index (κ2) is 4.56. The van der Waals surface area contributed by atoms with Crippen LogP contribution < -0.4 is 4.16 Å². The number of rotatable bonds is 1. The molecule has 0 saturated heterocycles. The Morgan fingerprint density at radius 3 is 2.37 bits per heavy atom. The molecule has 0 aliphatic heterocycles. The molecule has 0 radical (unpaired) electrons. The van der Waals surface area contributed by atoms with Gasteiger partial charge < -0.3 is 0 Å². The molecule has 0 unspecified atom stereocenters. The Morgan fingerprint density at radius 1 is 0.947 bits per heavy atom. The summed E-state index contributed by atoms with van der Waals surface area (Å²) in [5.41, 5.74) is 4.39. The average Bonchev–Trinajstić information content (AvgIpc) is 2.85. The molecule has 0 N–H and O–H groups in total. The number of halogens is 1. The fourth-order valence-electron chi connectivity index (χ4n) is 2.43. The van der Waals surface area contributed by atoms with E-state index in [1.54, 1.807) is 15.0 Å².